The second-order valence-corrected chi connectivity index (χ2v) is 10.9. The van der Waals surface area contributed by atoms with E-state index >= 15 is 0 Å². The van der Waals surface area contributed by atoms with Crippen molar-refractivity contribution in [3.8, 4) is 16.5 Å². The number of nitrogens with zero attached hydrogens (tertiary/aromatic N) is 3. The first-order valence-corrected chi connectivity index (χ1v) is 13.0. The molecule has 0 unspecified atom stereocenters. The van der Waals surface area contributed by atoms with Crippen molar-refractivity contribution in [1.82, 2.24) is 14.9 Å². The number of esters is 1. The second-order valence-electron chi connectivity index (χ2n) is 9.85. The fourth-order valence-corrected chi connectivity index (χ4v) is 4.57. The number of carbonyl (C=O) groups is 3. The molecule has 2 fully saturated rings. The summed E-state index contributed by atoms with van der Waals surface area (Å²) in [6.45, 7) is 8.45. The van der Waals surface area contributed by atoms with Gasteiger partial charge in [0.15, 0.2) is 4.88 Å². The van der Waals surface area contributed by atoms with E-state index in [1.165, 1.54) is 11.3 Å². The summed E-state index contributed by atoms with van der Waals surface area (Å²) in [7, 11) is 0. The van der Waals surface area contributed by atoms with Crippen LogP contribution in [-0.2, 0) is 14.3 Å². The molecule has 3 heterocycles. The molecule has 0 bridgehead atoms. The maximum absolute atomic E-state index is 12.6. The summed E-state index contributed by atoms with van der Waals surface area (Å²) in [6.07, 6.45) is 4.01. The van der Waals surface area contributed by atoms with E-state index in [9.17, 15) is 14.4 Å². The van der Waals surface area contributed by atoms with Crippen LogP contribution in [0.3, 0.4) is 0 Å². The molecule has 194 valence electrons. The highest BCUT2D eigenvalue weighted by Crippen LogP contribution is 2.36. The number of hydrogen-bond donors (Lipinski definition) is 1. The zero-order chi connectivity index (χ0) is 25.9. The van der Waals surface area contributed by atoms with Crippen molar-refractivity contribution in [2.24, 2.45) is 5.92 Å². The lowest BCUT2D eigenvalue weighted by Gasteiger charge is -2.33. The second kappa shape index (κ2) is 10.8. The molecule has 2 aromatic heterocycles. The number of likely N-dealkylation sites (tertiary alicyclic amines) is 1. The molecule has 0 atom stereocenters. The minimum absolute atomic E-state index is 0.0345. The van der Waals surface area contributed by atoms with Crippen LogP contribution in [0.1, 0.15) is 63.0 Å². The van der Waals surface area contributed by atoms with Crippen LogP contribution in [0.15, 0.2) is 18.3 Å². The Morgan fingerprint density at radius 3 is 2.53 bits per heavy atom. The Labute approximate surface area is 214 Å². The van der Waals surface area contributed by atoms with Crippen LogP contribution in [0.2, 0.25) is 0 Å². The van der Waals surface area contributed by atoms with Gasteiger partial charge >= 0.3 is 12.1 Å². The van der Waals surface area contributed by atoms with Gasteiger partial charge in [-0.25, -0.2) is 19.6 Å². The summed E-state index contributed by atoms with van der Waals surface area (Å²) in [6, 6.07) is 3.50. The number of anilines is 1. The molecule has 0 radical (unpaired) electrons. The molecule has 0 spiro atoms. The van der Waals surface area contributed by atoms with Gasteiger partial charge in [-0.05, 0) is 52.7 Å². The van der Waals surface area contributed by atoms with Crippen molar-refractivity contribution in [2.45, 2.75) is 65.1 Å². The van der Waals surface area contributed by atoms with Crippen molar-refractivity contribution in [1.29, 1.82) is 0 Å². The van der Waals surface area contributed by atoms with Crippen LogP contribution in [0.4, 0.5) is 10.6 Å². The van der Waals surface area contributed by atoms with Gasteiger partial charge in [-0.15, -0.1) is 11.3 Å². The number of carbonyl (C=O) groups excluding carboxylic acids is 3. The maximum Gasteiger partial charge on any atom is 0.410 e. The Morgan fingerprint density at radius 2 is 1.89 bits per heavy atom. The molecule has 2 aliphatic rings. The predicted octanol–water partition coefficient (Wildman–Crippen LogP) is 4.51. The Hall–Kier alpha value is -3.21. The molecule has 11 heteroatoms. The smallest absolute Gasteiger partial charge is 0.410 e. The van der Waals surface area contributed by atoms with Gasteiger partial charge in [-0.3, -0.25) is 4.79 Å². The molecule has 36 heavy (non-hydrogen) atoms. The lowest BCUT2D eigenvalue weighted by atomic mass is 10.1. The number of amides is 2. The Kier molecular flexibility index (Phi) is 7.77. The van der Waals surface area contributed by atoms with E-state index in [-0.39, 0.29) is 41.4 Å². The van der Waals surface area contributed by atoms with Crippen molar-refractivity contribution < 1.29 is 28.6 Å². The highest BCUT2D eigenvalue weighted by molar-refractivity contribution is 7.17. The molecule has 2 aromatic rings. The van der Waals surface area contributed by atoms with Crippen molar-refractivity contribution in [3.63, 3.8) is 0 Å². The molecule has 2 amide bonds. The lowest BCUT2D eigenvalue weighted by molar-refractivity contribution is -0.117. The standard InChI is InChI=1S/C25H32N4O6S/c1-5-33-23(31)19-21(34-17-9-12-29(13-10-17)24(32)35-25(2,3)4)28-22(36-19)16-8-11-26-18(14-16)27-20(30)15-6-7-15/h8,11,14-15,17H,5-7,9-10,12-13H2,1-4H3,(H,26,27,30). The number of piperidine rings is 1. The molecule has 1 saturated heterocycles. The van der Waals surface area contributed by atoms with Crippen molar-refractivity contribution >= 4 is 35.1 Å². The molecule has 10 nitrogen and oxygen atoms in total. The van der Waals surface area contributed by atoms with Gasteiger partial charge in [-0.1, -0.05) is 0 Å². The van der Waals surface area contributed by atoms with Gasteiger partial charge in [0.2, 0.25) is 11.8 Å². The van der Waals surface area contributed by atoms with E-state index in [2.05, 4.69) is 15.3 Å². The average molecular weight is 517 g/mol. The third-order valence-electron chi connectivity index (χ3n) is 5.64. The van der Waals surface area contributed by atoms with Gasteiger partial charge in [0.05, 0.1) is 6.61 Å². The number of ether oxygens (including phenoxy) is 3. The number of thiazole rings is 1. The number of aromatic nitrogens is 2. The van der Waals surface area contributed by atoms with E-state index in [0.717, 1.165) is 12.8 Å². The number of pyridine rings is 1. The monoisotopic (exact) mass is 516 g/mol. The van der Waals surface area contributed by atoms with E-state index in [1.807, 2.05) is 20.8 Å². The van der Waals surface area contributed by atoms with Crippen LogP contribution in [0, 0.1) is 5.92 Å². The Balaban J connectivity index is 1.47. The number of rotatable bonds is 7. The summed E-state index contributed by atoms with van der Waals surface area (Å²) in [5.74, 6) is 0.179. The van der Waals surface area contributed by atoms with E-state index in [1.54, 1.807) is 30.2 Å². The van der Waals surface area contributed by atoms with Gasteiger partial charge < -0.3 is 24.4 Å². The van der Waals surface area contributed by atoms with Crippen molar-refractivity contribution in [3.05, 3.63) is 23.2 Å². The fraction of sp³-hybridized carbons (Fsp3) is 0.560. The summed E-state index contributed by atoms with van der Waals surface area (Å²) in [4.78, 5) is 47.9. The first-order chi connectivity index (χ1) is 17.1. The van der Waals surface area contributed by atoms with Crippen LogP contribution < -0.4 is 10.1 Å². The summed E-state index contributed by atoms with van der Waals surface area (Å²) < 4.78 is 16.8. The summed E-state index contributed by atoms with van der Waals surface area (Å²) in [5.41, 5.74) is 0.157. The largest absolute Gasteiger partial charge is 0.473 e. The molecule has 1 N–H and O–H groups in total. The van der Waals surface area contributed by atoms with Gasteiger partial charge in [0.1, 0.15) is 22.5 Å². The van der Waals surface area contributed by atoms with E-state index < -0.39 is 11.6 Å². The average Bonchev–Trinajstić information content (AvgIpc) is 3.59. The highest BCUT2D eigenvalue weighted by atomic mass is 32.1. The molecular weight excluding hydrogens is 484 g/mol. The minimum atomic E-state index is -0.552. The number of hydrogen-bond acceptors (Lipinski definition) is 9. The Morgan fingerprint density at radius 1 is 1.17 bits per heavy atom. The summed E-state index contributed by atoms with van der Waals surface area (Å²) >= 11 is 1.17. The molecular formula is C25H32N4O6S. The topological polar surface area (TPSA) is 120 Å². The highest BCUT2D eigenvalue weighted by Gasteiger charge is 2.31. The van der Waals surface area contributed by atoms with E-state index in [0.29, 0.717) is 42.3 Å². The SMILES string of the molecule is CCOC(=O)c1sc(-c2ccnc(NC(=O)C3CC3)c2)nc1OC1CCN(C(=O)OC(C)(C)C)CC1. The first kappa shape index (κ1) is 25.9. The Bertz CT molecular complexity index is 1120. The van der Waals surface area contributed by atoms with Gasteiger partial charge in [-0.2, -0.15) is 0 Å². The van der Waals surface area contributed by atoms with Crippen molar-refractivity contribution in [2.75, 3.05) is 25.0 Å². The third kappa shape index (κ3) is 6.71. The van der Waals surface area contributed by atoms with Gasteiger partial charge in [0.25, 0.3) is 0 Å². The normalized spacial score (nSPS) is 16.4. The minimum Gasteiger partial charge on any atom is -0.473 e. The van der Waals surface area contributed by atoms with Gasteiger partial charge in [0, 0.05) is 43.6 Å². The molecule has 1 saturated carbocycles. The molecule has 0 aromatic carbocycles. The van der Waals surface area contributed by atoms with Crippen LogP contribution in [0.5, 0.6) is 5.88 Å². The summed E-state index contributed by atoms with van der Waals surface area (Å²) in [5, 5.41) is 3.39. The van der Waals surface area contributed by atoms with Crippen LogP contribution >= 0.6 is 11.3 Å². The third-order valence-corrected chi connectivity index (χ3v) is 6.70. The van der Waals surface area contributed by atoms with E-state index in [4.69, 9.17) is 14.2 Å². The molecule has 1 aliphatic carbocycles. The van der Waals surface area contributed by atoms with Crippen LogP contribution in [-0.4, -0.2) is 64.2 Å². The first-order valence-electron chi connectivity index (χ1n) is 12.2. The molecule has 4 rings (SSSR count). The zero-order valence-electron chi connectivity index (χ0n) is 21.0. The quantitative estimate of drug-likeness (QED) is 0.534. The maximum atomic E-state index is 12.6. The predicted molar refractivity (Wildman–Crippen MR) is 134 cm³/mol. The molecule has 1 aliphatic heterocycles. The van der Waals surface area contributed by atoms with Crippen LogP contribution in [0.25, 0.3) is 10.6 Å². The number of nitrogens with one attached hydrogen (secondary N) is 1. The fourth-order valence-electron chi connectivity index (χ4n) is 3.68. The zero-order valence-corrected chi connectivity index (χ0v) is 21.9. The lowest BCUT2D eigenvalue weighted by Crippen LogP contribution is -2.44.